The van der Waals surface area contributed by atoms with Crippen molar-refractivity contribution in [2.45, 2.75) is 32.7 Å². The molecule has 0 N–H and O–H groups in total. The van der Waals surface area contributed by atoms with Gasteiger partial charge in [-0.1, -0.05) is 42.5 Å². The van der Waals surface area contributed by atoms with E-state index in [1.54, 1.807) is 0 Å². The van der Waals surface area contributed by atoms with Gasteiger partial charge < -0.3 is 0 Å². The number of aromatic nitrogens is 1. The van der Waals surface area contributed by atoms with Crippen LogP contribution >= 0.6 is 0 Å². The standard InChI is InChI=1S/C21H20N2/c1-14-7-6-9-16-17(14)13-21(2,3)23-20(16)19-12-11-15-8-4-5-10-18(15)22-19/h4-12H,13H2,1-3H3. The van der Waals surface area contributed by atoms with E-state index in [9.17, 15) is 0 Å². The van der Waals surface area contributed by atoms with Gasteiger partial charge in [-0.3, -0.25) is 4.99 Å². The molecule has 0 amide bonds. The number of fused-ring (bicyclic) bond motifs is 2. The lowest BCUT2D eigenvalue weighted by atomic mass is 9.83. The van der Waals surface area contributed by atoms with E-state index in [2.05, 4.69) is 63.2 Å². The minimum atomic E-state index is -0.0955. The second kappa shape index (κ2) is 5.02. The van der Waals surface area contributed by atoms with Gasteiger partial charge in [0.05, 0.1) is 22.5 Å². The second-order valence-electron chi connectivity index (χ2n) is 6.94. The smallest absolute Gasteiger partial charge is 0.0912 e. The van der Waals surface area contributed by atoms with E-state index in [4.69, 9.17) is 9.98 Å². The number of rotatable bonds is 1. The molecule has 2 heteroatoms. The summed E-state index contributed by atoms with van der Waals surface area (Å²) in [4.78, 5) is 9.89. The fourth-order valence-electron chi connectivity index (χ4n) is 3.39. The molecule has 2 aromatic carbocycles. The van der Waals surface area contributed by atoms with Crippen LogP contribution in [0.3, 0.4) is 0 Å². The Morgan fingerprint density at radius 1 is 0.913 bits per heavy atom. The summed E-state index contributed by atoms with van der Waals surface area (Å²) < 4.78 is 0. The van der Waals surface area contributed by atoms with Gasteiger partial charge in [-0.05, 0) is 50.5 Å². The first-order chi connectivity index (χ1) is 11.0. The molecule has 3 aromatic rings. The van der Waals surface area contributed by atoms with Crippen LogP contribution < -0.4 is 0 Å². The number of pyridine rings is 1. The van der Waals surface area contributed by atoms with Crippen LogP contribution in [0.4, 0.5) is 0 Å². The molecule has 0 bridgehead atoms. The molecule has 1 aliphatic heterocycles. The van der Waals surface area contributed by atoms with E-state index in [0.29, 0.717) is 0 Å². The predicted octanol–water partition coefficient (Wildman–Crippen LogP) is 4.72. The summed E-state index contributed by atoms with van der Waals surface area (Å²) in [6, 6.07) is 18.9. The summed E-state index contributed by atoms with van der Waals surface area (Å²) in [7, 11) is 0. The SMILES string of the molecule is Cc1cccc2c1CC(C)(C)N=C2c1ccc2ccccc2n1. The lowest BCUT2D eigenvalue weighted by Crippen LogP contribution is -2.30. The third-order valence-electron chi connectivity index (χ3n) is 4.53. The van der Waals surface area contributed by atoms with Gasteiger partial charge in [-0.15, -0.1) is 0 Å². The van der Waals surface area contributed by atoms with Crippen molar-refractivity contribution in [1.82, 2.24) is 4.98 Å². The molecule has 2 nitrogen and oxygen atoms in total. The zero-order valence-corrected chi connectivity index (χ0v) is 13.8. The normalized spacial score (nSPS) is 16.0. The lowest BCUT2D eigenvalue weighted by molar-refractivity contribution is 0.512. The Kier molecular flexibility index (Phi) is 3.08. The predicted molar refractivity (Wildman–Crippen MR) is 96.3 cm³/mol. The summed E-state index contributed by atoms with van der Waals surface area (Å²) in [5.41, 5.74) is 6.87. The molecule has 0 aliphatic carbocycles. The quantitative estimate of drug-likeness (QED) is 0.638. The summed E-state index contributed by atoms with van der Waals surface area (Å²) in [6.45, 7) is 6.58. The molecule has 0 saturated heterocycles. The number of aryl methyl sites for hydroxylation is 1. The number of nitrogens with zero attached hydrogens (tertiary/aromatic N) is 2. The van der Waals surface area contributed by atoms with E-state index in [-0.39, 0.29) is 5.54 Å². The summed E-state index contributed by atoms with van der Waals surface area (Å²) in [5.74, 6) is 0. The highest BCUT2D eigenvalue weighted by molar-refractivity contribution is 6.14. The van der Waals surface area contributed by atoms with Crippen LogP contribution in [0.25, 0.3) is 10.9 Å². The van der Waals surface area contributed by atoms with Gasteiger partial charge in [0.2, 0.25) is 0 Å². The molecule has 23 heavy (non-hydrogen) atoms. The Labute approximate surface area is 136 Å². The van der Waals surface area contributed by atoms with Crippen LogP contribution in [0.5, 0.6) is 0 Å². The first-order valence-electron chi connectivity index (χ1n) is 8.08. The fourth-order valence-corrected chi connectivity index (χ4v) is 3.39. The maximum atomic E-state index is 5.03. The van der Waals surface area contributed by atoms with Crippen LogP contribution in [-0.4, -0.2) is 16.2 Å². The van der Waals surface area contributed by atoms with Crippen LogP contribution in [0.15, 0.2) is 59.6 Å². The third-order valence-corrected chi connectivity index (χ3v) is 4.53. The van der Waals surface area contributed by atoms with Crippen molar-refractivity contribution in [1.29, 1.82) is 0 Å². The zero-order chi connectivity index (χ0) is 16.0. The Hall–Kier alpha value is -2.48. The van der Waals surface area contributed by atoms with E-state index >= 15 is 0 Å². The molecule has 4 rings (SSSR count). The van der Waals surface area contributed by atoms with Gasteiger partial charge in [0.1, 0.15) is 0 Å². The molecule has 0 spiro atoms. The van der Waals surface area contributed by atoms with Crippen LogP contribution in [0.1, 0.15) is 36.2 Å². The number of hydrogen-bond donors (Lipinski definition) is 0. The van der Waals surface area contributed by atoms with Crippen molar-refractivity contribution in [2.24, 2.45) is 4.99 Å². The monoisotopic (exact) mass is 300 g/mol. The van der Waals surface area contributed by atoms with Crippen molar-refractivity contribution < 1.29 is 0 Å². The zero-order valence-electron chi connectivity index (χ0n) is 13.8. The number of aliphatic imine (C=N–C) groups is 1. The topological polar surface area (TPSA) is 25.2 Å². The fraction of sp³-hybridized carbons (Fsp3) is 0.238. The van der Waals surface area contributed by atoms with Crippen molar-refractivity contribution in [3.8, 4) is 0 Å². The van der Waals surface area contributed by atoms with Gasteiger partial charge in [0.25, 0.3) is 0 Å². The highest BCUT2D eigenvalue weighted by atomic mass is 14.9. The van der Waals surface area contributed by atoms with Gasteiger partial charge in [-0.2, -0.15) is 0 Å². The average molecular weight is 300 g/mol. The molecule has 2 heterocycles. The average Bonchev–Trinajstić information content (AvgIpc) is 2.54. The highest BCUT2D eigenvalue weighted by Crippen LogP contribution is 2.31. The Morgan fingerprint density at radius 2 is 1.74 bits per heavy atom. The van der Waals surface area contributed by atoms with Crippen molar-refractivity contribution in [3.63, 3.8) is 0 Å². The molecule has 0 unspecified atom stereocenters. The Bertz CT molecular complexity index is 935. The number of hydrogen-bond acceptors (Lipinski definition) is 2. The lowest BCUT2D eigenvalue weighted by Gasteiger charge is -2.30. The highest BCUT2D eigenvalue weighted by Gasteiger charge is 2.28. The van der Waals surface area contributed by atoms with Crippen molar-refractivity contribution >= 4 is 16.6 Å². The summed E-state index contributed by atoms with van der Waals surface area (Å²) in [5, 5.41) is 1.16. The molecular formula is C21H20N2. The number of benzene rings is 2. The van der Waals surface area contributed by atoms with E-state index in [1.807, 2.05) is 12.1 Å². The van der Waals surface area contributed by atoms with E-state index in [1.165, 1.54) is 16.7 Å². The number of para-hydroxylation sites is 1. The first-order valence-corrected chi connectivity index (χ1v) is 8.08. The van der Waals surface area contributed by atoms with Gasteiger partial charge in [-0.25, -0.2) is 4.98 Å². The van der Waals surface area contributed by atoms with Gasteiger partial charge in [0.15, 0.2) is 0 Å². The van der Waals surface area contributed by atoms with Crippen molar-refractivity contribution in [2.75, 3.05) is 0 Å². The Morgan fingerprint density at radius 3 is 2.61 bits per heavy atom. The minimum Gasteiger partial charge on any atom is -0.276 e. The summed E-state index contributed by atoms with van der Waals surface area (Å²) >= 11 is 0. The molecule has 0 fully saturated rings. The molecule has 1 aromatic heterocycles. The van der Waals surface area contributed by atoms with E-state index < -0.39 is 0 Å². The van der Waals surface area contributed by atoms with Gasteiger partial charge >= 0.3 is 0 Å². The van der Waals surface area contributed by atoms with Crippen LogP contribution in [0.2, 0.25) is 0 Å². The van der Waals surface area contributed by atoms with Crippen LogP contribution in [-0.2, 0) is 6.42 Å². The van der Waals surface area contributed by atoms with Crippen LogP contribution in [0, 0.1) is 6.92 Å². The van der Waals surface area contributed by atoms with Crippen molar-refractivity contribution in [3.05, 3.63) is 77.0 Å². The molecule has 0 radical (unpaired) electrons. The molecule has 0 saturated carbocycles. The molecule has 1 aliphatic rings. The largest absolute Gasteiger partial charge is 0.276 e. The Balaban J connectivity index is 1.95. The first kappa shape index (κ1) is 14.1. The maximum absolute atomic E-state index is 5.03. The summed E-state index contributed by atoms with van der Waals surface area (Å²) in [6.07, 6.45) is 0.978. The van der Waals surface area contributed by atoms with E-state index in [0.717, 1.165) is 28.7 Å². The molecular weight excluding hydrogens is 280 g/mol. The minimum absolute atomic E-state index is 0.0955. The molecule has 114 valence electrons. The van der Waals surface area contributed by atoms with Gasteiger partial charge in [0, 0.05) is 10.9 Å². The maximum Gasteiger partial charge on any atom is 0.0912 e. The third kappa shape index (κ3) is 2.44. The second-order valence-corrected chi connectivity index (χ2v) is 6.94. The molecule has 0 atom stereocenters.